The van der Waals surface area contributed by atoms with Gasteiger partial charge in [-0.25, -0.2) is 4.39 Å². The minimum Gasteiger partial charge on any atom is -0.393 e. The molecule has 1 N–H and O–H groups in total. The van der Waals surface area contributed by atoms with Gasteiger partial charge in [-0.2, -0.15) is 5.26 Å². The normalized spacial score (nSPS) is 29.7. The van der Waals surface area contributed by atoms with Crippen LogP contribution >= 0.6 is 0 Å². The number of aliphatic hydroxyl groups is 1. The molecule has 4 heteroatoms. The van der Waals surface area contributed by atoms with Gasteiger partial charge in [0.1, 0.15) is 5.82 Å². The lowest BCUT2D eigenvalue weighted by Gasteiger charge is -2.31. The van der Waals surface area contributed by atoms with Crippen molar-refractivity contribution in [3.05, 3.63) is 35.1 Å². The first-order chi connectivity index (χ1) is 10.2. The summed E-state index contributed by atoms with van der Waals surface area (Å²) >= 11 is 0. The summed E-state index contributed by atoms with van der Waals surface area (Å²) in [4.78, 5) is 2.36. The Bertz CT molecular complexity index is 554. The van der Waals surface area contributed by atoms with Crippen LogP contribution in [0.5, 0.6) is 0 Å². The Hall–Kier alpha value is -1.44. The van der Waals surface area contributed by atoms with Gasteiger partial charge in [0, 0.05) is 18.5 Å². The molecule has 0 radical (unpaired) electrons. The molecule has 3 atom stereocenters. The molecule has 3 unspecified atom stereocenters. The molecular formula is C17H21FN2O. The summed E-state index contributed by atoms with van der Waals surface area (Å²) < 4.78 is 13.5. The fraction of sp³-hybridized carbons (Fsp3) is 0.588. The maximum Gasteiger partial charge on any atom is 0.124 e. The van der Waals surface area contributed by atoms with Crippen LogP contribution in [-0.4, -0.2) is 28.7 Å². The van der Waals surface area contributed by atoms with Crippen LogP contribution in [0, 0.1) is 23.1 Å². The molecule has 1 aliphatic carbocycles. The Morgan fingerprint density at radius 1 is 1.24 bits per heavy atom. The first-order valence-corrected chi connectivity index (χ1v) is 7.79. The molecule has 0 aromatic heterocycles. The second-order valence-electron chi connectivity index (χ2n) is 6.30. The van der Waals surface area contributed by atoms with Gasteiger partial charge in [0.05, 0.1) is 17.7 Å². The third-order valence-corrected chi connectivity index (χ3v) is 4.91. The van der Waals surface area contributed by atoms with E-state index in [1.807, 2.05) is 6.07 Å². The number of nitriles is 1. The summed E-state index contributed by atoms with van der Waals surface area (Å²) in [6, 6.07) is 6.96. The average Bonchev–Trinajstić information content (AvgIpc) is 3.06. The second kappa shape index (κ2) is 6.13. The van der Waals surface area contributed by atoms with Crippen molar-refractivity contribution in [2.24, 2.45) is 5.92 Å². The van der Waals surface area contributed by atoms with Gasteiger partial charge < -0.3 is 5.11 Å². The van der Waals surface area contributed by atoms with E-state index in [9.17, 15) is 9.50 Å². The number of hydrogen-bond acceptors (Lipinski definition) is 3. The number of likely N-dealkylation sites (tertiary alicyclic amines) is 1. The highest BCUT2D eigenvalue weighted by atomic mass is 19.1. The van der Waals surface area contributed by atoms with Gasteiger partial charge >= 0.3 is 0 Å². The van der Waals surface area contributed by atoms with Crippen LogP contribution in [0.15, 0.2) is 18.2 Å². The first kappa shape index (κ1) is 14.5. The third-order valence-electron chi connectivity index (χ3n) is 4.91. The van der Waals surface area contributed by atoms with Crippen molar-refractivity contribution in [2.45, 2.75) is 50.8 Å². The van der Waals surface area contributed by atoms with Crippen LogP contribution in [0.3, 0.4) is 0 Å². The quantitative estimate of drug-likeness (QED) is 0.930. The van der Waals surface area contributed by atoms with Gasteiger partial charge in [0.2, 0.25) is 0 Å². The zero-order valence-electron chi connectivity index (χ0n) is 12.1. The van der Waals surface area contributed by atoms with Crippen molar-refractivity contribution in [1.82, 2.24) is 4.90 Å². The van der Waals surface area contributed by atoms with Crippen molar-refractivity contribution in [1.29, 1.82) is 5.26 Å². The molecular weight excluding hydrogens is 267 g/mol. The van der Waals surface area contributed by atoms with Crippen molar-refractivity contribution >= 4 is 0 Å². The number of nitrogens with zero attached hydrogens (tertiary/aromatic N) is 2. The number of halogens is 1. The monoisotopic (exact) mass is 288 g/mol. The van der Waals surface area contributed by atoms with E-state index in [4.69, 9.17) is 5.26 Å². The van der Waals surface area contributed by atoms with E-state index in [0.29, 0.717) is 24.1 Å². The Morgan fingerprint density at radius 3 is 2.81 bits per heavy atom. The molecule has 21 heavy (non-hydrogen) atoms. The summed E-state index contributed by atoms with van der Waals surface area (Å²) in [5, 5.41) is 19.1. The van der Waals surface area contributed by atoms with E-state index in [1.54, 1.807) is 6.07 Å². The largest absolute Gasteiger partial charge is 0.393 e. The molecule has 3 nitrogen and oxygen atoms in total. The number of benzene rings is 1. The summed E-state index contributed by atoms with van der Waals surface area (Å²) in [5.41, 5.74) is 1.23. The smallest absolute Gasteiger partial charge is 0.124 e. The van der Waals surface area contributed by atoms with Crippen LogP contribution in [0.4, 0.5) is 4.39 Å². The van der Waals surface area contributed by atoms with Gasteiger partial charge in [-0.05, 0) is 56.0 Å². The predicted molar refractivity (Wildman–Crippen MR) is 77.9 cm³/mol. The molecule has 2 aliphatic rings. The highest BCUT2D eigenvalue weighted by Crippen LogP contribution is 2.36. The molecule has 112 valence electrons. The molecule has 1 heterocycles. The van der Waals surface area contributed by atoms with Crippen LogP contribution in [-0.2, 0) is 6.54 Å². The topological polar surface area (TPSA) is 47.3 Å². The zero-order chi connectivity index (χ0) is 14.8. The maximum absolute atomic E-state index is 13.5. The molecule has 0 bridgehead atoms. The molecule has 0 spiro atoms. The molecule has 1 aromatic rings. The highest BCUT2D eigenvalue weighted by molar-refractivity contribution is 5.33. The average molecular weight is 288 g/mol. The summed E-state index contributed by atoms with van der Waals surface area (Å²) in [6.07, 6.45) is 5.17. The fourth-order valence-corrected chi connectivity index (χ4v) is 3.99. The zero-order valence-corrected chi connectivity index (χ0v) is 12.1. The highest BCUT2D eigenvalue weighted by Gasteiger charge is 2.38. The molecule has 1 aliphatic heterocycles. The number of hydrogen-bond donors (Lipinski definition) is 1. The predicted octanol–water partition coefficient (Wildman–Crippen LogP) is 2.82. The Balaban J connectivity index is 1.74. The van der Waals surface area contributed by atoms with E-state index in [-0.39, 0.29) is 11.9 Å². The lowest BCUT2D eigenvalue weighted by Crippen LogP contribution is -2.38. The lowest BCUT2D eigenvalue weighted by atomic mass is 9.94. The van der Waals surface area contributed by atoms with Crippen molar-refractivity contribution < 1.29 is 9.50 Å². The van der Waals surface area contributed by atoms with Crippen molar-refractivity contribution in [2.75, 3.05) is 6.54 Å². The maximum atomic E-state index is 13.5. The molecule has 1 saturated heterocycles. The minimum atomic E-state index is -0.347. The first-order valence-electron chi connectivity index (χ1n) is 7.79. The lowest BCUT2D eigenvalue weighted by molar-refractivity contribution is 0.0718. The van der Waals surface area contributed by atoms with Crippen LogP contribution in [0.1, 0.15) is 43.2 Å². The fourth-order valence-electron chi connectivity index (χ4n) is 3.99. The Morgan fingerprint density at radius 2 is 2.10 bits per heavy atom. The van der Waals surface area contributed by atoms with E-state index in [0.717, 1.165) is 44.2 Å². The number of rotatable bonds is 3. The van der Waals surface area contributed by atoms with E-state index < -0.39 is 0 Å². The minimum absolute atomic E-state index is 0.183. The summed E-state index contributed by atoms with van der Waals surface area (Å²) in [7, 11) is 0. The Kier molecular flexibility index (Phi) is 4.23. The van der Waals surface area contributed by atoms with E-state index in [2.05, 4.69) is 4.90 Å². The van der Waals surface area contributed by atoms with Gasteiger partial charge in [0.15, 0.2) is 0 Å². The Labute approximate surface area is 125 Å². The van der Waals surface area contributed by atoms with Gasteiger partial charge in [-0.1, -0.05) is 6.42 Å². The van der Waals surface area contributed by atoms with Crippen LogP contribution in [0.2, 0.25) is 0 Å². The van der Waals surface area contributed by atoms with Gasteiger partial charge in [0.25, 0.3) is 0 Å². The molecule has 0 amide bonds. The molecule has 1 saturated carbocycles. The van der Waals surface area contributed by atoms with Crippen LogP contribution < -0.4 is 0 Å². The third kappa shape index (κ3) is 3.09. The van der Waals surface area contributed by atoms with Crippen molar-refractivity contribution in [3.8, 4) is 6.07 Å². The summed E-state index contributed by atoms with van der Waals surface area (Å²) in [6.45, 7) is 1.66. The van der Waals surface area contributed by atoms with E-state index >= 15 is 0 Å². The standard InChI is InChI=1S/C17H21FN2O/c18-14-8-12(10-19)7-13(9-14)11-20-6-2-4-16(20)15-3-1-5-17(15)21/h7-9,15-17,21H,1-6,11H2. The van der Waals surface area contributed by atoms with E-state index in [1.165, 1.54) is 12.1 Å². The van der Waals surface area contributed by atoms with Crippen molar-refractivity contribution in [3.63, 3.8) is 0 Å². The van der Waals surface area contributed by atoms with Gasteiger partial charge in [-0.3, -0.25) is 4.90 Å². The van der Waals surface area contributed by atoms with Gasteiger partial charge in [-0.15, -0.1) is 0 Å². The molecule has 3 rings (SSSR count). The summed E-state index contributed by atoms with van der Waals surface area (Å²) in [5.74, 6) is 0.0113. The second-order valence-corrected chi connectivity index (χ2v) is 6.30. The van der Waals surface area contributed by atoms with Crippen LogP contribution in [0.25, 0.3) is 0 Å². The number of aliphatic hydroxyl groups excluding tert-OH is 1. The molecule has 1 aromatic carbocycles. The SMILES string of the molecule is N#Cc1cc(F)cc(CN2CCCC2C2CCCC2O)c1. The molecule has 2 fully saturated rings.